The van der Waals surface area contributed by atoms with Gasteiger partial charge in [-0.05, 0) is 31.7 Å². The van der Waals surface area contributed by atoms with Gasteiger partial charge in [-0.1, -0.05) is 6.92 Å². The van der Waals surface area contributed by atoms with Crippen molar-refractivity contribution in [1.82, 2.24) is 9.80 Å². The van der Waals surface area contributed by atoms with Gasteiger partial charge in [0.15, 0.2) is 0 Å². The van der Waals surface area contributed by atoms with E-state index in [2.05, 4.69) is 6.92 Å². The fourth-order valence-corrected chi connectivity index (χ4v) is 2.53. The van der Waals surface area contributed by atoms with E-state index < -0.39 is 5.97 Å². The van der Waals surface area contributed by atoms with Crippen LogP contribution in [0.3, 0.4) is 0 Å². The highest BCUT2D eigenvalue weighted by molar-refractivity contribution is 5.76. The summed E-state index contributed by atoms with van der Waals surface area (Å²) in [5.41, 5.74) is 5.51. The Bertz CT molecular complexity index is 323. The molecular weight excluding hydrogens is 258 g/mol. The van der Waals surface area contributed by atoms with Gasteiger partial charge in [-0.2, -0.15) is 0 Å². The second-order valence-corrected chi connectivity index (χ2v) is 5.63. The van der Waals surface area contributed by atoms with Gasteiger partial charge < -0.3 is 15.7 Å². The molecule has 116 valence electrons. The fourth-order valence-electron chi connectivity index (χ4n) is 2.53. The standard InChI is InChI=1S/C14H27N3O3/c1-12(5-6-15)3-4-13(18)17-8-2-7-16(9-10-17)11-14(19)20/h12H,2-11,15H2,1H3,(H,19,20). The minimum Gasteiger partial charge on any atom is -0.480 e. The largest absolute Gasteiger partial charge is 0.480 e. The average molecular weight is 285 g/mol. The van der Waals surface area contributed by atoms with E-state index in [-0.39, 0.29) is 12.5 Å². The molecule has 0 aliphatic carbocycles. The molecule has 0 aromatic heterocycles. The molecule has 0 radical (unpaired) electrons. The van der Waals surface area contributed by atoms with Crippen LogP contribution in [0.5, 0.6) is 0 Å². The quantitative estimate of drug-likeness (QED) is 0.706. The van der Waals surface area contributed by atoms with E-state index in [0.29, 0.717) is 32.0 Å². The molecule has 1 unspecified atom stereocenters. The number of carboxylic acids is 1. The van der Waals surface area contributed by atoms with Gasteiger partial charge in [0.2, 0.25) is 5.91 Å². The van der Waals surface area contributed by atoms with Crippen molar-refractivity contribution >= 4 is 11.9 Å². The first-order valence-electron chi connectivity index (χ1n) is 7.45. The molecule has 6 nitrogen and oxygen atoms in total. The zero-order valence-electron chi connectivity index (χ0n) is 12.4. The van der Waals surface area contributed by atoms with Crippen molar-refractivity contribution < 1.29 is 14.7 Å². The number of carboxylic acid groups (broad SMARTS) is 1. The van der Waals surface area contributed by atoms with Crippen LogP contribution in [-0.4, -0.2) is 66.1 Å². The Morgan fingerprint density at radius 2 is 1.95 bits per heavy atom. The molecule has 0 aromatic rings. The molecule has 0 aromatic carbocycles. The van der Waals surface area contributed by atoms with E-state index in [9.17, 15) is 9.59 Å². The first-order valence-corrected chi connectivity index (χ1v) is 7.45. The number of hydrogen-bond donors (Lipinski definition) is 2. The first kappa shape index (κ1) is 16.9. The lowest BCUT2D eigenvalue weighted by atomic mass is 10.0. The number of amides is 1. The second-order valence-electron chi connectivity index (χ2n) is 5.63. The fraction of sp³-hybridized carbons (Fsp3) is 0.857. The molecule has 0 saturated carbocycles. The zero-order chi connectivity index (χ0) is 15.0. The molecule has 3 N–H and O–H groups in total. The van der Waals surface area contributed by atoms with Crippen molar-refractivity contribution in [3.63, 3.8) is 0 Å². The second kappa shape index (κ2) is 8.92. The van der Waals surface area contributed by atoms with Crippen LogP contribution < -0.4 is 5.73 Å². The predicted molar refractivity (Wildman–Crippen MR) is 77.3 cm³/mol. The summed E-state index contributed by atoms with van der Waals surface area (Å²) in [5, 5.41) is 8.80. The van der Waals surface area contributed by atoms with Crippen LogP contribution in [0.15, 0.2) is 0 Å². The molecule has 1 aliphatic rings. The Morgan fingerprint density at radius 3 is 2.60 bits per heavy atom. The van der Waals surface area contributed by atoms with Crippen molar-refractivity contribution in [2.45, 2.75) is 32.6 Å². The monoisotopic (exact) mass is 285 g/mol. The molecule has 1 aliphatic heterocycles. The van der Waals surface area contributed by atoms with Gasteiger partial charge in [-0.3, -0.25) is 14.5 Å². The van der Waals surface area contributed by atoms with Gasteiger partial charge in [-0.25, -0.2) is 0 Å². The van der Waals surface area contributed by atoms with Crippen molar-refractivity contribution in [2.24, 2.45) is 11.7 Å². The summed E-state index contributed by atoms with van der Waals surface area (Å²) in [6.45, 7) is 5.63. The molecule has 1 fully saturated rings. The summed E-state index contributed by atoms with van der Waals surface area (Å²) in [6, 6.07) is 0. The number of carbonyl (C=O) groups excluding carboxylic acids is 1. The highest BCUT2D eigenvalue weighted by Crippen LogP contribution is 2.12. The highest BCUT2D eigenvalue weighted by atomic mass is 16.4. The Kier molecular flexibility index (Phi) is 7.54. The first-order chi connectivity index (χ1) is 9.52. The highest BCUT2D eigenvalue weighted by Gasteiger charge is 2.20. The smallest absolute Gasteiger partial charge is 0.317 e. The Balaban J connectivity index is 2.32. The Labute approximate surface area is 120 Å². The topological polar surface area (TPSA) is 86.9 Å². The third kappa shape index (κ3) is 6.34. The lowest BCUT2D eigenvalue weighted by Crippen LogP contribution is -2.36. The lowest BCUT2D eigenvalue weighted by molar-refractivity contribution is -0.138. The lowest BCUT2D eigenvalue weighted by Gasteiger charge is -2.22. The van der Waals surface area contributed by atoms with Gasteiger partial charge in [0.05, 0.1) is 6.54 Å². The summed E-state index contributed by atoms with van der Waals surface area (Å²) in [5.74, 6) is -0.133. The summed E-state index contributed by atoms with van der Waals surface area (Å²) in [7, 11) is 0. The molecule has 1 rings (SSSR count). The van der Waals surface area contributed by atoms with Gasteiger partial charge in [0.25, 0.3) is 0 Å². The van der Waals surface area contributed by atoms with Gasteiger partial charge in [-0.15, -0.1) is 0 Å². The third-order valence-electron chi connectivity index (χ3n) is 3.81. The van der Waals surface area contributed by atoms with E-state index in [4.69, 9.17) is 10.8 Å². The minimum absolute atomic E-state index is 0.0650. The van der Waals surface area contributed by atoms with Crippen molar-refractivity contribution in [3.05, 3.63) is 0 Å². The van der Waals surface area contributed by atoms with Crippen LogP contribution >= 0.6 is 0 Å². The molecule has 1 heterocycles. The third-order valence-corrected chi connectivity index (χ3v) is 3.81. The van der Waals surface area contributed by atoms with Crippen LogP contribution in [0, 0.1) is 5.92 Å². The van der Waals surface area contributed by atoms with E-state index in [1.165, 1.54) is 0 Å². The van der Waals surface area contributed by atoms with Crippen LogP contribution in [0.1, 0.15) is 32.6 Å². The van der Waals surface area contributed by atoms with Crippen LogP contribution in [-0.2, 0) is 9.59 Å². The van der Waals surface area contributed by atoms with E-state index in [0.717, 1.165) is 32.4 Å². The number of nitrogens with zero attached hydrogens (tertiary/aromatic N) is 2. The Morgan fingerprint density at radius 1 is 1.20 bits per heavy atom. The summed E-state index contributed by atoms with van der Waals surface area (Å²) < 4.78 is 0. The molecule has 1 saturated heterocycles. The molecular formula is C14H27N3O3. The maximum atomic E-state index is 12.1. The molecule has 1 amide bonds. The SMILES string of the molecule is CC(CCN)CCC(=O)N1CCCN(CC(=O)O)CC1. The van der Waals surface area contributed by atoms with Crippen LogP contribution in [0.25, 0.3) is 0 Å². The summed E-state index contributed by atoms with van der Waals surface area (Å²) in [6.07, 6.45) is 3.25. The van der Waals surface area contributed by atoms with Crippen molar-refractivity contribution in [2.75, 3.05) is 39.3 Å². The minimum atomic E-state index is -0.805. The average Bonchev–Trinajstić information content (AvgIpc) is 2.61. The molecule has 0 bridgehead atoms. The number of aliphatic carboxylic acids is 1. The van der Waals surface area contributed by atoms with Gasteiger partial charge in [0, 0.05) is 32.6 Å². The molecule has 1 atom stereocenters. The molecule has 20 heavy (non-hydrogen) atoms. The summed E-state index contributed by atoms with van der Waals surface area (Å²) >= 11 is 0. The van der Waals surface area contributed by atoms with E-state index >= 15 is 0 Å². The van der Waals surface area contributed by atoms with Crippen LogP contribution in [0.2, 0.25) is 0 Å². The van der Waals surface area contributed by atoms with Crippen molar-refractivity contribution in [3.8, 4) is 0 Å². The van der Waals surface area contributed by atoms with E-state index in [1.807, 2.05) is 9.80 Å². The normalized spacial score (nSPS) is 18.6. The molecule has 0 spiro atoms. The number of hydrogen-bond acceptors (Lipinski definition) is 4. The van der Waals surface area contributed by atoms with Gasteiger partial charge in [0.1, 0.15) is 0 Å². The Hall–Kier alpha value is -1.14. The molecule has 6 heteroatoms. The maximum Gasteiger partial charge on any atom is 0.317 e. The predicted octanol–water partition coefficient (Wildman–Crippen LogP) is 0.370. The summed E-state index contributed by atoms with van der Waals surface area (Å²) in [4.78, 5) is 26.6. The van der Waals surface area contributed by atoms with Gasteiger partial charge >= 0.3 is 5.97 Å². The number of carbonyl (C=O) groups is 2. The van der Waals surface area contributed by atoms with E-state index in [1.54, 1.807) is 0 Å². The maximum absolute atomic E-state index is 12.1. The van der Waals surface area contributed by atoms with Crippen LogP contribution in [0.4, 0.5) is 0 Å². The number of rotatable bonds is 7. The number of nitrogens with two attached hydrogens (primary N) is 1. The zero-order valence-corrected chi connectivity index (χ0v) is 12.4. The van der Waals surface area contributed by atoms with Crippen molar-refractivity contribution in [1.29, 1.82) is 0 Å².